The molecule has 1 aromatic rings. The number of nitrogens with one attached hydrogen (secondary N) is 1. The van der Waals surface area contributed by atoms with E-state index < -0.39 is 45.3 Å². The van der Waals surface area contributed by atoms with E-state index in [1.54, 1.807) is 20.8 Å². The topological polar surface area (TPSA) is 66.4 Å². The van der Waals surface area contributed by atoms with Gasteiger partial charge in [0.05, 0.1) is 27.7 Å². The molecule has 0 radical (unpaired) electrons. The number of hydrogen-bond donors (Lipinski definition) is 2. The van der Waals surface area contributed by atoms with E-state index >= 15 is 0 Å². The molecular weight excluding hydrogens is 300 g/mol. The van der Waals surface area contributed by atoms with Crippen LogP contribution < -0.4 is 4.72 Å². The Bertz CT molecular complexity index is 572. The van der Waals surface area contributed by atoms with Gasteiger partial charge in [-0.05, 0) is 33.8 Å². The van der Waals surface area contributed by atoms with Gasteiger partial charge in [0.1, 0.15) is 0 Å². The van der Waals surface area contributed by atoms with Crippen LogP contribution in [0.3, 0.4) is 0 Å². The first-order valence-electron chi connectivity index (χ1n) is 6.33. The third-order valence-corrected chi connectivity index (χ3v) is 4.67. The fourth-order valence-corrected chi connectivity index (χ4v) is 2.67. The maximum atomic E-state index is 14.0. The highest BCUT2D eigenvalue weighted by atomic mass is 32.2. The summed E-state index contributed by atoms with van der Waals surface area (Å²) in [6, 6.07) is 3.52. The lowest BCUT2D eigenvalue weighted by molar-refractivity contribution is -0.138. The molecule has 0 aliphatic carbocycles. The van der Waals surface area contributed by atoms with Crippen molar-refractivity contribution >= 4 is 17.0 Å². The summed E-state index contributed by atoms with van der Waals surface area (Å²) < 4.78 is 41.6. The van der Waals surface area contributed by atoms with Crippen molar-refractivity contribution in [3.8, 4) is 0 Å². The second kappa shape index (κ2) is 6.19. The summed E-state index contributed by atoms with van der Waals surface area (Å²) in [7, 11) is -1.64. The van der Waals surface area contributed by atoms with Gasteiger partial charge in [-0.1, -0.05) is 12.1 Å². The summed E-state index contributed by atoms with van der Waals surface area (Å²) in [6.45, 7) is 6.47. The van der Waals surface area contributed by atoms with Crippen LogP contribution >= 0.6 is 0 Å². The van der Waals surface area contributed by atoms with Gasteiger partial charge in [0.15, 0.2) is 11.6 Å². The lowest BCUT2D eigenvalue weighted by atomic mass is 9.89. The lowest BCUT2D eigenvalue weighted by Gasteiger charge is -2.32. The van der Waals surface area contributed by atoms with Gasteiger partial charge in [-0.2, -0.15) is 0 Å². The standard InChI is InChI=1S/C14H19F2NO3S/c1-13(2,3)21(20)17-14(4,8-11(18)19)9-6-5-7-10(15)12(9)16/h5-7,17H,8H2,1-4H3,(H,18,19)/t14-,21?/m0/s1. The molecule has 0 heterocycles. The van der Waals surface area contributed by atoms with Crippen LogP contribution in [0.25, 0.3) is 0 Å². The number of carboxylic acid groups (broad SMARTS) is 1. The molecule has 1 rings (SSSR count). The molecule has 21 heavy (non-hydrogen) atoms. The minimum Gasteiger partial charge on any atom is -0.481 e. The molecule has 2 atom stereocenters. The normalized spacial score (nSPS) is 16.3. The maximum Gasteiger partial charge on any atom is 0.305 e. The highest BCUT2D eigenvalue weighted by molar-refractivity contribution is 7.84. The summed E-state index contributed by atoms with van der Waals surface area (Å²) in [6.07, 6.45) is -0.533. The minimum atomic E-state index is -1.64. The highest BCUT2D eigenvalue weighted by Gasteiger charge is 2.37. The Morgan fingerprint density at radius 1 is 1.29 bits per heavy atom. The zero-order chi connectivity index (χ0) is 16.4. The highest BCUT2D eigenvalue weighted by Crippen LogP contribution is 2.30. The SMILES string of the molecule is CC(C)(C)S(=O)N[C@@](C)(CC(=O)O)c1cccc(F)c1F. The Morgan fingerprint density at radius 2 is 1.86 bits per heavy atom. The largest absolute Gasteiger partial charge is 0.481 e. The summed E-state index contributed by atoms with van der Waals surface area (Å²) in [4.78, 5) is 11.1. The molecule has 1 unspecified atom stereocenters. The van der Waals surface area contributed by atoms with Crippen molar-refractivity contribution in [3.63, 3.8) is 0 Å². The van der Waals surface area contributed by atoms with Gasteiger partial charge in [-0.15, -0.1) is 0 Å². The van der Waals surface area contributed by atoms with Crippen molar-refractivity contribution in [1.82, 2.24) is 4.72 Å². The van der Waals surface area contributed by atoms with E-state index in [1.165, 1.54) is 19.1 Å². The molecule has 0 bridgehead atoms. The average Bonchev–Trinajstić information content (AvgIpc) is 2.30. The third-order valence-electron chi connectivity index (χ3n) is 2.92. The van der Waals surface area contributed by atoms with E-state index in [4.69, 9.17) is 5.11 Å². The van der Waals surface area contributed by atoms with Crippen molar-refractivity contribution in [3.05, 3.63) is 35.4 Å². The lowest BCUT2D eigenvalue weighted by Crippen LogP contribution is -2.47. The van der Waals surface area contributed by atoms with Crippen LogP contribution in [0.15, 0.2) is 18.2 Å². The number of benzene rings is 1. The zero-order valence-electron chi connectivity index (χ0n) is 12.4. The van der Waals surface area contributed by atoms with E-state index in [1.807, 2.05) is 0 Å². The number of hydrogen-bond acceptors (Lipinski definition) is 2. The molecule has 0 amide bonds. The molecular formula is C14H19F2NO3S. The molecule has 0 aliphatic rings. The maximum absolute atomic E-state index is 14.0. The van der Waals surface area contributed by atoms with Crippen LogP contribution in [-0.4, -0.2) is 20.0 Å². The monoisotopic (exact) mass is 319 g/mol. The molecule has 0 fully saturated rings. The van der Waals surface area contributed by atoms with Gasteiger partial charge in [-0.25, -0.2) is 17.7 Å². The second-order valence-corrected chi connectivity index (χ2v) is 7.95. The molecule has 1 aromatic carbocycles. The molecule has 7 heteroatoms. The van der Waals surface area contributed by atoms with Gasteiger partial charge < -0.3 is 5.11 Å². The smallest absolute Gasteiger partial charge is 0.305 e. The van der Waals surface area contributed by atoms with Crippen molar-refractivity contribution < 1.29 is 22.9 Å². The molecule has 118 valence electrons. The number of halogens is 2. The van der Waals surface area contributed by atoms with E-state index in [9.17, 15) is 17.8 Å². The third kappa shape index (κ3) is 4.31. The Balaban J connectivity index is 3.30. The predicted octanol–water partition coefficient (Wildman–Crippen LogP) is 2.71. The number of rotatable bonds is 5. The fraction of sp³-hybridized carbons (Fsp3) is 0.500. The molecule has 0 aromatic heterocycles. The van der Waals surface area contributed by atoms with Gasteiger partial charge in [0.2, 0.25) is 0 Å². The summed E-state index contributed by atoms with van der Waals surface area (Å²) in [5, 5.41) is 9.03. The van der Waals surface area contributed by atoms with E-state index in [0.29, 0.717) is 0 Å². The summed E-state index contributed by atoms with van der Waals surface area (Å²) >= 11 is 0. The van der Waals surface area contributed by atoms with E-state index in [-0.39, 0.29) is 5.56 Å². The molecule has 0 saturated carbocycles. The van der Waals surface area contributed by atoms with Gasteiger partial charge in [0.25, 0.3) is 0 Å². The average molecular weight is 319 g/mol. The number of aliphatic carboxylic acids is 1. The van der Waals surface area contributed by atoms with Crippen molar-refractivity contribution in [1.29, 1.82) is 0 Å². The first kappa shape index (κ1) is 17.7. The Hall–Kier alpha value is -1.34. The molecule has 4 nitrogen and oxygen atoms in total. The summed E-state index contributed by atoms with van der Waals surface area (Å²) in [5.41, 5.74) is -1.65. The van der Waals surface area contributed by atoms with Crippen LogP contribution in [0, 0.1) is 11.6 Å². The number of carboxylic acids is 1. The summed E-state index contributed by atoms with van der Waals surface area (Å²) in [5.74, 6) is -3.42. The van der Waals surface area contributed by atoms with Crippen LogP contribution in [0.4, 0.5) is 8.78 Å². The van der Waals surface area contributed by atoms with Gasteiger partial charge in [0, 0.05) is 5.56 Å². The van der Waals surface area contributed by atoms with Gasteiger partial charge in [-0.3, -0.25) is 4.79 Å². The van der Waals surface area contributed by atoms with Crippen molar-refractivity contribution in [2.75, 3.05) is 0 Å². The fourth-order valence-electron chi connectivity index (χ4n) is 1.78. The predicted molar refractivity (Wildman–Crippen MR) is 77.0 cm³/mol. The van der Waals surface area contributed by atoms with Crippen LogP contribution in [0.2, 0.25) is 0 Å². The Morgan fingerprint density at radius 3 is 2.33 bits per heavy atom. The Kier molecular flexibility index (Phi) is 5.22. The molecule has 0 spiro atoms. The van der Waals surface area contributed by atoms with Gasteiger partial charge >= 0.3 is 5.97 Å². The molecule has 0 aliphatic heterocycles. The first-order valence-corrected chi connectivity index (χ1v) is 7.48. The van der Waals surface area contributed by atoms with Crippen molar-refractivity contribution in [2.24, 2.45) is 0 Å². The zero-order valence-corrected chi connectivity index (χ0v) is 13.2. The van der Waals surface area contributed by atoms with Crippen LogP contribution in [0.1, 0.15) is 39.7 Å². The van der Waals surface area contributed by atoms with Crippen LogP contribution in [0.5, 0.6) is 0 Å². The van der Waals surface area contributed by atoms with Crippen LogP contribution in [-0.2, 0) is 21.3 Å². The van der Waals surface area contributed by atoms with E-state index in [0.717, 1.165) is 6.07 Å². The quantitative estimate of drug-likeness (QED) is 0.877. The number of carbonyl (C=O) groups is 1. The Labute approximate surface area is 125 Å². The minimum absolute atomic E-state index is 0.164. The first-order chi connectivity index (χ1) is 9.47. The van der Waals surface area contributed by atoms with Crippen molar-refractivity contribution in [2.45, 2.75) is 44.4 Å². The second-order valence-electron chi connectivity index (χ2n) is 5.99. The molecule has 2 N–H and O–H groups in total. The molecule has 0 saturated heterocycles. The van der Waals surface area contributed by atoms with E-state index in [2.05, 4.69) is 4.72 Å².